The summed E-state index contributed by atoms with van der Waals surface area (Å²) in [7, 11) is -3.89. The third-order valence-electron chi connectivity index (χ3n) is 6.59. The monoisotopic (exact) mass is 509 g/mol. The number of carbonyl (C=O) groups excluding carboxylic acids is 2. The summed E-state index contributed by atoms with van der Waals surface area (Å²) >= 11 is 0. The van der Waals surface area contributed by atoms with Crippen molar-refractivity contribution in [3.63, 3.8) is 0 Å². The van der Waals surface area contributed by atoms with Crippen LogP contribution in [0.15, 0.2) is 29.2 Å². The topological polar surface area (TPSA) is 133 Å². The molecule has 0 aromatic heterocycles. The lowest BCUT2D eigenvalue weighted by atomic mass is 9.93. The fourth-order valence-corrected chi connectivity index (χ4v) is 5.44. The number of aliphatic carboxylic acids is 1. The number of carbonyl (C=O) groups is 3. The van der Waals surface area contributed by atoms with Crippen molar-refractivity contribution in [1.29, 1.82) is 0 Å². The lowest BCUT2D eigenvalue weighted by Crippen LogP contribution is -2.54. The lowest BCUT2D eigenvalue weighted by molar-refractivity contribution is -0.143. The van der Waals surface area contributed by atoms with E-state index in [9.17, 15) is 27.9 Å². The molecule has 1 aliphatic heterocycles. The van der Waals surface area contributed by atoms with Crippen LogP contribution in [0.2, 0.25) is 0 Å². The van der Waals surface area contributed by atoms with Crippen LogP contribution < -0.4 is 10.0 Å². The first kappa shape index (κ1) is 28.8. The van der Waals surface area contributed by atoms with E-state index in [1.54, 1.807) is 17.0 Å². The van der Waals surface area contributed by atoms with Crippen LogP contribution in [0.4, 0.5) is 0 Å². The Balaban J connectivity index is 2.05. The summed E-state index contributed by atoms with van der Waals surface area (Å²) in [5, 5.41) is 12.0. The van der Waals surface area contributed by atoms with E-state index in [0.717, 1.165) is 5.56 Å². The second-order valence-electron chi connectivity index (χ2n) is 9.93. The molecule has 196 valence electrons. The number of rotatable bonds is 11. The number of carboxylic acids is 1. The van der Waals surface area contributed by atoms with E-state index < -0.39 is 28.1 Å². The molecule has 0 spiro atoms. The highest BCUT2D eigenvalue weighted by atomic mass is 32.2. The third-order valence-corrected chi connectivity index (χ3v) is 8.05. The SMILES string of the molecule is CCC(C)[C@H](NS(=O)(=O)c1ccc(C)cc1)C(=O)N1CCC(C(=O)N[C@@H](CC(C)C)C(=O)O)CC1. The van der Waals surface area contributed by atoms with Gasteiger partial charge in [-0.05, 0) is 50.2 Å². The fourth-order valence-electron chi connectivity index (χ4n) is 4.14. The van der Waals surface area contributed by atoms with E-state index >= 15 is 0 Å². The minimum absolute atomic E-state index is 0.106. The van der Waals surface area contributed by atoms with Gasteiger partial charge in [0.15, 0.2) is 0 Å². The van der Waals surface area contributed by atoms with E-state index in [-0.39, 0.29) is 34.5 Å². The van der Waals surface area contributed by atoms with Gasteiger partial charge in [0.2, 0.25) is 21.8 Å². The van der Waals surface area contributed by atoms with Crippen molar-refractivity contribution in [1.82, 2.24) is 14.9 Å². The standard InChI is InChI=1S/C25H39N3O6S/c1-6-18(5)22(27-35(33,34)20-9-7-17(4)8-10-20)24(30)28-13-11-19(12-14-28)23(29)26-21(25(31)32)15-16(2)3/h7-10,16,18-19,21-22,27H,6,11-15H2,1-5H3,(H,26,29)(H,31,32)/t18?,21-,22-/m0/s1. The van der Waals surface area contributed by atoms with Crippen molar-refractivity contribution in [3.8, 4) is 0 Å². The zero-order chi connectivity index (χ0) is 26.3. The summed E-state index contributed by atoms with van der Waals surface area (Å²) in [6, 6.07) is 4.60. The lowest BCUT2D eigenvalue weighted by Gasteiger charge is -2.35. The highest BCUT2D eigenvalue weighted by Crippen LogP contribution is 2.22. The number of benzene rings is 1. The Morgan fingerprint density at radius 1 is 1.09 bits per heavy atom. The number of sulfonamides is 1. The van der Waals surface area contributed by atoms with E-state index in [1.165, 1.54) is 12.1 Å². The molecular formula is C25H39N3O6S. The van der Waals surface area contributed by atoms with Gasteiger partial charge in [-0.25, -0.2) is 13.2 Å². The predicted molar refractivity (Wildman–Crippen MR) is 133 cm³/mol. The molecule has 0 aliphatic carbocycles. The number of carboxylic acid groups (broad SMARTS) is 1. The molecule has 2 rings (SSSR count). The van der Waals surface area contributed by atoms with Gasteiger partial charge in [-0.1, -0.05) is 51.8 Å². The molecule has 0 radical (unpaired) electrons. The van der Waals surface area contributed by atoms with Gasteiger partial charge in [-0.15, -0.1) is 0 Å². The van der Waals surface area contributed by atoms with Gasteiger partial charge in [0.1, 0.15) is 12.1 Å². The van der Waals surface area contributed by atoms with Crippen molar-refractivity contribution < 1.29 is 27.9 Å². The first-order chi connectivity index (χ1) is 16.4. The number of nitrogens with one attached hydrogen (secondary N) is 2. The molecule has 9 nitrogen and oxygen atoms in total. The first-order valence-corrected chi connectivity index (χ1v) is 13.7. The Hall–Kier alpha value is -2.46. The molecule has 2 amide bonds. The Kier molecular flexibility index (Phi) is 10.3. The molecule has 3 N–H and O–H groups in total. The van der Waals surface area contributed by atoms with Crippen LogP contribution in [-0.4, -0.2) is 61.4 Å². The van der Waals surface area contributed by atoms with Crippen LogP contribution >= 0.6 is 0 Å². The molecule has 0 saturated carbocycles. The highest BCUT2D eigenvalue weighted by Gasteiger charge is 2.36. The molecule has 1 saturated heterocycles. The smallest absolute Gasteiger partial charge is 0.326 e. The number of piperidine rings is 1. The minimum Gasteiger partial charge on any atom is -0.480 e. The third kappa shape index (κ3) is 8.03. The Labute approximate surface area is 208 Å². The Morgan fingerprint density at radius 3 is 2.14 bits per heavy atom. The van der Waals surface area contributed by atoms with Crippen LogP contribution in [0.1, 0.15) is 58.9 Å². The van der Waals surface area contributed by atoms with Crippen molar-refractivity contribution in [2.75, 3.05) is 13.1 Å². The van der Waals surface area contributed by atoms with E-state index in [0.29, 0.717) is 38.8 Å². The molecule has 3 atom stereocenters. The predicted octanol–water partition coefficient (Wildman–Crippen LogP) is 2.54. The highest BCUT2D eigenvalue weighted by molar-refractivity contribution is 7.89. The van der Waals surface area contributed by atoms with Crippen molar-refractivity contribution in [2.45, 2.75) is 77.3 Å². The van der Waals surface area contributed by atoms with E-state index in [1.807, 2.05) is 34.6 Å². The molecule has 1 aliphatic rings. The first-order valence-electron chi connectivity index (χ1n) is 12.3. The van der Waals surface area contributed by atoms with Gasteiger partial charge in [-0.3, -0.25) is 9.59 Å². The molecule has 1 heterocycles. The zero-order valence-corrected chi connectivity index (χ0v) is 22.1. The van der Waals surface area contributed by atoms with Gasteiger partial charge >= 0.3 is 5.97 Å². The maximum Gasteiger partial charge on any atom is 0.326 e. The van der Waals surface area contributed by atoms with Crippen molar-refractivity contribution in [3.05, 3.63) is 29.8 Å². The normalized spacial score (nSPS) is 17.6. The van der Waals surface area contributed by atoms with Crippen molar-refractivity contribution in [2.24, 2.45) is 17.8 Å². The Morgan fingerprint density at radius 2 is 1.66 bits per heavy atom. The maximum absolute atomic E-state index is 13.3. The minimum atomic E-state index is -3.89. The largest absolute Gasteiger partial charge is 0.480 e. The number of likely N-dealkylation sites (tertiary alicyclic amines) is 1. The van der Waals surface area contributed by atoms with Crippen LogP contribution in [0, 0.1) is 24.7 Å². The summed E-state index contributed by atoms with van der Waals surface area (Å²) in [4.78, 5) is 39.2. The number of aryl methyl sites for hydroxylation is 1. The molecule has 0 bridgehead atoms. The summed E-state index contributed by atoms with van der Waals surface area (Å²) in [5.41, 5.74) is 0.935. The second-order valence-corrected chi connectivity index (χ2v) is 11.6. The zero-order valence-electron chi connectivity index (χ0n) is 21.3. The number of hydrogen-bond donors (Lipinski definition) is 3. The number of amides is 2. The van der Waals surface area contributed by atoms with Gasteiger partial charge in [0, 0.05) is 19.0 Å². The van der Waals surface area contributed by atoms with Crippen LogP contribution in [0.3, 0.4) is 0 Å². The van der Waals surface area contributed by atoms with E-state index in [2.05, 4.69) is 10.0 Å². The number of nitrogens with zero attached hydrogens (tertiary/aromatic N) is 1. The van der Waals surface area contributed by atoms with Crippen LogP contribution in [-0.2, 0) is 24.4 Å². The quantitative estimate of drug-likeness (QED) is 0.420. The molecule has 1 aromatic carbocycles. The van der Waals surface area contributed by atoms with Crippen molar-refractivity contribution >= 4 is 27.8 Å². The van der Waals surface area contributed by atoms with Crippen LogP contribution in [0.25, 0.3) is 0 Å². The Bertz CT molecular complexity index is 985. The fraction of sp³-hybridized carbons (Fsp3) is 0.640. The summed E-state index contributed by atoms with van der Waals surface area (Å²) in [5.74, 6) is -2.18. The molecule has 10 heteroatoms. The maximum atomic E-state index is 13.3. The van der Waals surface area contributed by atoms with Gasteiger partial charge in [0.05, 0.1) is 4.90 Å². The second kappa shape index (κ2) is 12.5. The number of hydrogen-bond acceptors (Lipinski definition) is 5. The molecule has 1 fully saturated rings. The van der Waals surface area contributed by atoms with Gasteiger partial charge in [0.25, 0.3) is 0 Å². The van der Waals surface area contributed by atoms with Gasteiger partial charge in [-0.2, -0.15) is 4.72 Å². The average Bonchev–Trinajstić information content (AvgIpc) is 2.81. The summed E-state index contributed by atoms with van der Waals surface area (Å²) in [6.45, 7) is 10.0. The summed E-state index contributed by atoms with van der Waals surface area (Å²) in [6.07, 6.45) is 1.74. The molecular weight excluding hydrogens is 470 g/mol. The molecule has 35 heavy (non-hydrogen) atoms. The van der Waals surface area contributed by atoms with Crippen LogP contribution in [0.5, 0.6) is 0 Å². The summed E-state index contributed by atoms with van der Waals surface area (Å²) < 4.78 is 28.5. The molecule has 1 unspecified atom stereocenters. The van der Waals surface area contributed by atoms with E-state index in [4.69, 9.17) is 0 Å². The van der Waals surface area contributed by atoms with Gasteiger partial charge < -0.3 is 15.3 Å². The molecule has 1 aromatic rings. The average molecular weight is 510 g/mol.